The van der Waals surface area contributed by atoms with Crippen LogP contribution in [0.3, 0.4) is 0 Å². The summed E-state index contributed by atoms with van der Waals surface area (Å²) in [6.07, 6.45) is 5.96. The van der Waals surface area contributed by atoms with Crippen molar-refractivity contribution in [1.29, 1.82) is 5.26 Å². The Morgan fingerprint density at radius 1 is 1.30 bits per heavy atom. The number of aromatic carboxylic acids is 1. The van der Waals surface area contributed by atoms with E-state index in [1.54, 1.807) is 37.5 Å². The second kappa shape index (κ2) is 8.37. The van der Waals surface area contributed by atoms with Crippen molar-refractivity contribution in [3.05, 3.63) is 53.2 Å². The molecule has 0 aliphatic heterocycles. The first kappa shape index (κ1) is 18.5. The van der Waals surface area contributed by atoms with Crippen LogP contribution in [0.5, 0.6) is 11.6 Å². The summed E-state index contributed by atoms with van der Waals surface area (Å²) in [4.78, 5) is 15.6. The van der Waals surface area contributed by atoms with Gasteiger partial charge in [0.25, 0.3) is 5.88 Å². The molecular formula is C21H20N2O4. The fourth-order valence-corrected chi connectivity index (χ4v) is 3.07. The average molecular weight is 364 g/mol. The van der Waals surface area contributed by atoms with Crippen LogP contribution in [0.25, 0.3) is 11.6 Å². The predicted molar refractivity (Wildman–Crippen MR) is 101 cm³/mol. The van der Waals surface area contributed by atoms with Gasteiger partial charge in [-0.25, -0.2) is 9.78 Å². The number of methoxy groups -OCH3 is 1. The van der Waals surface area contributed by atoms with E-state index in [1.165, 1.54) is 12.1 Å². The first-order chi connectivity index (χ1) is 13.1. The second-order valence-corrected chi connectivity index (χ2v) is 6.33. The fraction of sp³-hybridized carbons (Fsp3) is 0.286. The van der Waals surface area contributed by atoms with E-state index in [1.807, 2.05) is 0 Å². The Labute approximate surface area is 157 Å². The van der Waals surface area contributed by atoms with Crippen LogP contribution in [-0.2, 0) is 0 Å². The molecule has 1 saturated carbocycles. The van der Waals surface area contributed by atoms with Gasteiger partial charge in [-0.05, 0) is 61.6 Å². The maximum Gasteiger partial charge on any atom is 0.335 e. The minimum Gasteiger partial charge on any atom is -0.491 e. The van der Waals surface area contributed by atoms with Crippen LogP contribution in [0.2, 0.25) is 0 Å². The number of rotatable bonds is 6. The molecule has 1 N–H and O–H groups in total. The van der Waals surface area contributed by atoms with Crippen molar-refractivity contribution in [3.8, 4) is 17.7 Å². The summed E-state index contributed by atoms with van der Waals surface area (Å²) < 4.78 is 11.3. The van der Waals surface area contributed by atoms with E-state index in [2.05, 4.69) is 11.1 Å². The van der Waals surface area contributed by atoms with Crippen molar-refractivity contribution >= 4 is 17.6 Å². The summed E-state index contributed by atoms with van der Waals surface area (Å²) in [5.41, 5.74) is 1.54. The van der Waals surface area contributed by atoms with Gasteiger partial charge in [-0.1, -0.05) is 12.1 Å². The Hall–Kier alpha value is -3.33. The van der Waals surface area contributed by atoms with Gasteiger partial charge in [0.2, 0.25) is 0 Å². The zero-order chi connectivity index (χ0) is 19.2. The molecule has 138 valence electrons. The third kappa shape index (κ3) is 4.45. The Morgan fingerprint density at radius 2 is 2.07 bits per heavy atom. The number of aromatic nitrogens is 1. The molecule has 0 bridgehead atoms. The van der Waals surface area contributed by atoms with Gasteiger partial charge in [0, 0.05) is 0 Å². The number of benzene rings is 1. The second-order valence-electron chi connectivity index (χ2n) is 6.33. The molecule has 6 heteroatoms. The number of hydrogen-bond donors (Lipinski definition) is 1. The first-order valence-corrected chi connectivity index (χ1v) is 8.78. The van der Waals surface area contributed by atoms with E-state index >= 15 is 0 Å². The van der Waals surface area contributed by atoms with Crippen LogP contribution in [0, 0.1) is 11.3 Å². The average Bonchev–Trinajstić information content (AvgIpc) is 3.19. The monoisotopic (exact) mass is 364 g/mol. The van der Waals surface area contributed by atoms with Crippen molar-refractivity contribution in [3.63, 3.8) is 0 Å². The smallest absolute Gasteiger partial charge is 0.335 e. The van der Waals surface area contributed by atoms with Crippen molar-refractivity contribution in [1.82, 2.24) is 4.98 Å². The Kier molecular flexibility index (Phi) is 5.72. The highest BCUT2D eigenvalue weighted by Crippen LogP contribution is 2.31. The molecule has 2 aromatic rings. The summed E-state index contributed by atoms with van der Waals surface area (Å²) in [6.45, 7) is 0. The number of nitrogens with zero attached hydrogens (tertiary/aromatic N) is 2. The van der Waals surface area contributed by atoms with E-state index in [-0.39, 0.29) is 11.7 Å². The number of carboxylic acid groups (broad SMARTS) is 1. The van der Waals surface area contributed by atoms with Gasteiger partial charge in [0.1, 0.15) is 12.2 Å². The van der Waals surface area contributed by atoms with Crippen molar-refractivity contribution < 1.29 is 19.4 Å². The van der Waals surface area contributed by atoms with Crippen LogP contribution in [0.4, 0.5) is 0 Å². The molecule has 0 atom stereocenters. The molecule has 0 unspecified atom stereocenters. The molecule has 0 radical (unpaired) electrons. The molecule has 1 aromatic carbocycles. The van der Waals surface area contributed by atoms with E-state index < -0.39 is 5.97 Å². The molecule has 3 rings (SSSR count). The van der Waals surface area contributed by atoms with Gasteiger partial charge in [-0.3, -0.25) is 0 Å². The van der Waals surface area contributed by atoms with Gasteiger partial charge in [0.15, 0.2) is 5.75 Å². The minimum absolute atomic E-state index is 0.114. The highest BCUT2D eigenvalue weighted by molar-refractivity contribution is 5.91. The lowest BCUT2D eigenvalue weighted by molar-refractivity contribution is 0.0697. The number of carbonyl (C=O) groups is 1. The standard InChI is InChI=1S/C21H20N2O4/c1-26-19-10-9-18(23-20(19)27-17-7-2-3-8-17)16(13-22)12-14-5-4-6-15(11-14)21(24)25/h4-6,9-12,17H,2-3,7-8H2,1H3,(H,24,25). The third-order valence-electron chi connectivity index (χ3n) is 4.47. The van der Waals surface area contributed by atoms with E-state index in [9.17, 15) is 10.1 Å². The summed E-state index contributed by atoms with van der Waals surface area (Å²) in [5.74, 6) is -0.114. The summed E-state index contributed by atoms with van der Waals surface area (Å²) >= 11 is 0. The van der Waals surface area contributed by atoms with Gasteiger partial charge in [-0.2, -0.15) is 5.26 Å². The Morgan fingerprint density at radius 3 is 2.74 bits per heavy atom. The number of hydrogen-bond acceptors (Lipinski definition) is 5. The number of nitriles is 1. The molecule has 1 aliphatic carbocycles. The quantitative estimate of drug-likeness (QED) is 0.773. The zero-order valence-corrected chi connectivity index (χ0v) is 15.0. The molecule has 1 aliphatic rings. The van der Waals surface area contributed by atoms with Crippen LogP contribution >= 0.6 is 0 Å². The van der Waals surface area contributed by atoms with E-state index in [4.69, 9.17) is 14.6 Å². The Bertz CT molecular complexity index is 909. The maximum absolute atomic E-state index is 11.1. The van der Waals surface area contributed by atoms with Crippen LogP contribution in [-0.4, -0.2) is 29.3 Å². The number of carboxylic acids is 1. The number of pyridine rings is 1. The lowest BCUT2D eigenvalue weighted by Crippen LogP contribution is -2.13. The van der Waals surface area contributed by atoms with Gasteiger partial charge >= 0.3 is 5.97 Å². The first-order valence-electron chi connectivity index (χ1n) is 8.78. The topological polar surface area (TPSA) is 92.4 Å². The van der Waals surface area contributed by atoms with Crippen LogP contribution in [0.1, 0.15) is 47.3 Å². The van der Waals surface area contributed by atoms with Crippen molar-refractivity contribution in [2.75, 3.05) is 7.11 Å². The lowest BCUT2D eigenvalue weighted by Gasteiger charge is -2.15. The Balaban J connectivity index is 1.94. The number of allylic oxidation sites excluding steroid dienone is 1. The summed E-state index contributed by atoms with van der Waals surface area (Å²) in [6, 6.07) is 11.9. The van der Waals surface area contributed by atoms with Gasteiger partial charge in [0.05, 0.1) is 23.9 Å². The molecule has 0 amide bonds. The summed E-state index contributed by atoms with van der Waals surface area (Å²) in [7, 11) is 1.55. The van der Waals surface area contributed by atoms with Crippen molar-refractivity contribution in [2.24, 2.45) is 0 Å². The fourth-order valence-electron chi connectivity index (χ4n) is 3.07. The minimum atomic E-state index is -1.02. The van der Waals surface area contributed by atoms with Crippen LogP contribution < -0.4 is 9.47 Å². The SMILES string of the molecule is COc1ccc(C(C#N)=Cc2cccc(C(=O)O)c2)nc1OC1CCCC1. The molecule has 1 aromatic heterocycles. The van der Waals surface area contributed by atoms with Gasteiger partial charge < -0.3 is 14.6 Å². The largest absolute Gasteiger partial charge is 0.491 e. The molecule has 6 nitrogen and oxygen atoms in total. The highest BCUT2D eigenvalue weighted by atomic mass is 16.5. The molecule has 0 saturated heterocycles. The zero-order valence-electron chi connectivity index (χ0n) is 15.0. The van der Waals surface area contributed by atoms with E-state index in [0.717, 1.165) is 25.7 Å². The number of ether oxygens (including phenoxy) is 2. The molecule has 0 spiro atoms. The molecule has 27 heavy (non-hydrogen) atoms. The highest BCUT2D eigenvalue weighted by Gasteiger charge is 2.20. The van der Waals surface area contributed by atoms with Crippen molar-refractivity contribution in [2.45, 2.75) is 31.8 Å². The van der Waals surface area contributed by atoms with Gasteiger partial charge in [-0.15, -0.1) is 0 Å². The maximum atomic E-state index is 11.1. The third-order valence-corrected chi connectivity index (χ3v) is 4.47. The predicted octanol–water partition coefficient (Wildman–Crippen LogP) is 4.17. The molecule has 1 heterocycles. The lowest BCUT2D eigenvalue weighted by atomic mass is 10.1. The summed E-state index contributed by atoms with van der Waals surface area (Å²) in [5, 5.41) is 18.7. The molecule has 1 fully saturated rings. The van der Waals surface area contributed by atoms with E-state index in [0.29, 0.717) is 28.5 Å². The molecular weight excluding hydrogens is 344 g/mol. The normalized spacial score (nSPS) is 14.6. The van der Waals surface area contributed by atoms with Crippen LogP contribution in [0.15, 0.2) is 36.4 Å².